The number of hydrogen-bond acceptors (Lipinski definition) is 4. The molecule has 112 valence electrons. The highest BCUT2D eigenvalue weighted by Gasteiger charge is 2.42. The smallest absolute Gasteiger partial charge is 0.288 e. The average Bonchev–Trinajstić information content (AvgIpc) is 2.39. The van der Waals surface area contributed by atoms with Gasteiger partial charge >= 0.3 is 0 Å². The Hall–Kier alpha value is -0.850. The lowest BCUT2D eigenvalue weighted by Gasteiger charge is -2.44. The number of nitrogens with one attached hydrogen (secondary N) is 1. The quantitative estimate of drug-likeness (QED) is 0.780. The van der Waals surface area contributed by atoms with Crippen molar-refractivity contribution in [2.45, 2.75) is 42.2 Å². The van der Waals surface area contributed by atoms with E-state index in [0.717, 1.165) is 12.1 Å². The first-order valence-electron chi connectivity index (χ1n) is 6.60. The fourth-order valence-corrected chi connectivity index (χ4v) is 3.00. The number of thioether (sulfide) groups is 1. The van der Waals surface area contributed by atoms with E-state index in [-0.39, 0.29) is 18.2 Å². The Morgan fingerprint density at radius 2 is 2.15 bits per heavy atom. The summed E-state index contributed by atoms with van der Waals surface area (Å²) in [6.45, 7) is 2.59. The summed E-state index contributed by atoms with van der Waals surface area (Å²) in [4.78, 5) is 0.553. The Labute approximate surface area is 122 Å². The number of rotatable bonds is 7. The lowest BCUT2D eigenvalue weighted by atomic mass is 9.85. The Bertz CT molecular complexity index is 433. The van der Waals surface area contributed by atoms with Gasteiger partial charge in [-0.15, -0.1) is 0 Å². The summed E-state index contributed by atoms with van der Waals surface area (Å²) >= 11 is 0.554. The third-order valence-electron chi connectivity index (χ3n) is 3.35. The van der Waals surface area contributed by atoms with E-state index in [2.05, 4.69) is 5.32 Å². The van der Waals surface area contributed by atoms with E-state index in [1.165, 1.54) is 0 Å². The van der Waals surface area contributed by atoms with Crippen molar-refractivity contribution in [1.29, 1.82) is 0 Å². The number of benzene rings is 1. The number of methoxy groups -OCH3 is 1. The van der Waals surface area contributed by atoms with Crippen LogP contribution in [0.3, 0.4) is 0 Å². The summed E-state index contributed by atoms with van der Waals surface area (Å²) in [7, 11) is 1.64. The third-order valence-corrected chi connectivity index (χ3v) is 4.13. The number of hydrogen-bond donors (Lipinski definition) is 1. The van der Waals surface area contributed by atoms with Crippen molar-refractivity contribution in [3.63, 3.8) is 0 Å². The zero-order chi connectivity index (χ0) is 14.5. The number of alkyl halides is 2. The predicted octanol–water partition coefficient (Wildman–Crippen LogP) is 3.61. The summed E-state index contributed by atoms with van der Waals surface area (Å²) in [5, 5.41) is 3.28. The Morgan fingerprint density at radius 3 is 2.80 bits per heavy atom. The van der Waals surface area contributed by atoms with Crippen LogP contribution in [-0.4, -0.2) is 37.7 Å². The molecule has 1 saturated carbocycles. The van der Waals surface area contributed by atoms with Crippen molar-refractivity contribution in [3.8, 4) is 0 Å². The molecule has 1 aliphatic carbocycles. The van der Waals surface area contributed by atoms with Crippen LogP contribution in [0.2, 0.25) is 0 Å². The molecule has 3 unspecified atom stereocenters. The number of halogens is 2. The standard InChI is InChI=1S/C14H19F2NO2S/c1-3-19-11-8-10(13(11)18-2)17-9-6-4-5-7-12(9)20-14(15)16/h4-7,10-11,13-14,17H,3,8H2,1-2H3. The average molecular weight is 303 g/mol. The van der Waals surface area contributed by atoms with E-state index >= 15 is 0 Å². The molecule has 0 radical (unpaired) electrons. The molecule has 0 bridgehead atoms. The van der Waals surface area contributed by atoms with Gasteiger partial charge in [-0.05, 0) is 25.5 Å². The van der Waals surface area contributed by atoms with Crippen molar-refractivity contribution in [2.24, 2.45) is 0 Å². The van der Waals surface area contributed by atoms with Gasteiger partial charge in [0.05, 0.1) is 12.1 Å². The Kier molecular flexibility index (Phi) is 5.63. The van der Waals surface area contributed by atoms with Gasteiger partial charge in [0.25, 0.3) is 5.76 Å². The van der Waals surface area contributed by atoms with E-state index in [1.807, 2.05) is 19.1 Å². The fraction of sp³-hybridized carbons (Fsp3) is 0.571. The molecule has 2 rings (SSSR count). The zero-order valence-electron chi connectivity index (χ0n) is 11.5. The molecule has 0 heterocycles. The van der Waals surface area contributed by atoms with Crippen LogP contribution in [0.4, 0.5) is 14.5 Å². The van der Waals surface area contributed by atoms with Gasteiger partial charge in [0.1, 0.15) is 6.10 Å². The second-order valence-corrected chi connectivity index (χ2v) is 5.59. The van der Waals surface area contributed by atoms with Crippen LogP contribution < -0.4 is 5.32 Å². The van der Waals surface area contributed by atoms with Crippen LogP contribution in [0.5, 0.6) is 0 Å². The van der Waals surface area contributed by atoms with Gasteiger partial charge in [-0.2, -0.15) is 8.78 Å². The maximum atomic E-state index is 12.5. The second kappa shape index (κ2) is 7.24. The van der Waals surface area contributed by atoms with Crippen molar-refractivity contribution < 1.29 is 18.3 Å². The first-order chi connectivity index (χ1) is 9.65. The summed E-state index contributed by atoms with van der Waals surface area (Å²) in [6, 6.07) is 7.19. The topological polar surface area (TPSA) is 30.5 Å². The van der Waals surface area contributed by atoms with Gasteiger partial charge in [0, 0.05) is 24.3 Å². The van der Waals surface area contributed by atoms with E-state index in [4.69, 9.17) is 9.47 Å². The summed E-state index contributed by atoms with van der Waals surface area (Å²) < 4.78 is 36.0. The summed E-state index contributed by atoms with van der Waals surface area (Å²) in [5.41, 5.74) is 0.722. The van der Waals surface area contributed by atoms with Crippen molar-refractivity contribution in [3.05, 3.63) is 24.3 Å². The first-order valence-corrected chi connectivity index (χ1v) is 7.48. The maximum absolute atomic E-state index is 12.5. The lowest BCUT2D eigenvalue weighted by molar-refractivity contribution is -0.118. The first kappa shape index (κ1) is 15.5. The third kappa shape index (κ3) is 3.62. The molecular formula is C14H19F2NO2S. The van der Waals surface area contributed by atoms with Gasteiger partial charge in [0.2, 0.25) is 0 Å². The lowest BCUT2D eigenvalue weighted by Crippen LogP contribution is -2.56. The number of ether oxygens (including phenoxy) is 2. The Morgan fingerprint density at radius 1 is 1.40 bits per heavy atom. The van der Waals surface area contributed by atoms with Crippen molar-refractivity contribution in [1.82, 2.24) is 0 Å². The minimum atomic E-state index is -2.42. The minimum Gasteiger partial charge on any atom is -0.379 e. The largest absolute Gasteiger partial charge is 0.379 e. The molecule has 3 nitrogen and oxygen atoms in total. The van der Waals surface area contributed by atoms with E-state index < -0.39 is 5.76 Å². The molecule has 0 saturated heterocycles. The molecule has 6 heteroatoms. The summed E-state index contributed by atoms with van der Waals surface area (Å²) in [5.74, 6) is -2.42. The van der Waals surface area contributed by atoms with E-state index in [1.54, 1.807) is 19.2 Å². The van der Waals surface area contributed by atoms with Gasteiger partial charge in [-0.3, -0.25) is 0 Å². The van der Waals surface area contributed by atoms with Crippen LogP contribution >= 0.6 is 11.8 Å². The molecule has 0 spiro atoms. The van der Waals surface area contributed by atoms with Gasteiger partial charge < -0.3 is 14.8 Å². The van der Waals surface area contributed by atoms with Gasteiger partial charge in [-0.25, -0.2) is 0 Å². The van der Waals surface area contributed by atoms with Crippen LogP contribution in [0.1, 0.15) is 13.3 Å². The monoisotopic (exact) mass is 303 g/mol. The fourth-order valence-electron chi connectivity index (χ4n) is 2.40. The van der Waals surface area contributed by atoms with Crippen LogP contribution in [0.25, 0.3) is 0 Å². The molecule has 1 fully saturated rings. The highest BCUT2D eigenvalue weighted by molar-refractivity contribution is 7.99. The van der Waals surface area contributed by atoms with Crippen molar-refractivity contribution in [2.75, 3.05) is 19.0 Å². The molecule has 1 aromatic carbocycles. The van der Waals surface area contributed by atoms with Gasteiger partial charge in [-0.1, -0.05) is 23.9 Å². The number of anilines is 1. The molecule has 0 aliphatic heterocycles. The zero-order valence-corrected chi connectivity index (χ0v) is 12.3. The SMILES string of the molecule is CCOC1CC(Nc2ccccc2SC(F)F)C1OC. The number of para-hydroxylation sites is 1. The molecular weight excluding hydrogens is 284 g/mol. The van der Waals surface area contributed by atoms with E-state index in [9.17, 15) is 8.78 Å². The van der Waals surface area contributed by atoms with Crippen molar-refractivity contribution >= 4 is 17.4 Å². The molecule has 20 heavy (non-hydrogen) atoms. The normalized spacial score (nSPS) is 25.6. The highest BCUT2D eigenvalue weighted by Crippen LogP contribution is 2.35. The highest BCUT2D eigenvalue weighted by atomic mass is 32.2. The Balaban J connectivity index is 2.00. The second-order valence-electron chi connectivity index (χ2n) is 4.56. The maximum Gasteiger partial charge on any atom is 0.288 e. The van der Waals surface area contributed by atoms with Gasteiger partial charge in [0.15, 0.2) is 0 Å². The molecule has 1 aliphatic rings. The van der Waals surface area contributed by atoms with E-state index in [0.29, 0.717) is 23.3 Å². The predicted molar refractivity (Wildman–Crippen MR) is 76.5 cm³/mol. The van der Waals surface area contributed by atoms with Crippen LogP contribution in [0.15, 0.2) is 29.2 Å². The molecule has 3 atom stereocenters. The molecule has 0 aromatic heterocycles. The summed E-state index contributed by atoms with van der Waals surface area (Å²) in [6.07, 6.45) is 0.858. The minimum absolute atomic E-state index is 0.0421. The van der Waals surface area contributed by atoms with Crippen LogP contribution in [0, 0.1) is 0 Å². The molecule has 0 amide bonds. The molecule has 1 N–H and O–H groups in total. The molecule has 1 aromatic rings. The van der Waals surface area contributed by atoms with Crippen LogP contribution in [-0.2, 0) is 9.47 Å².